The molecule has 0 amide bonds. The second-order valence-electron chi connectivity index (χ2n) is 5.16. The van der Waals surface area contributed by atoms with Crippen molar-refractivity contribution in [3.63, 3.8) is 0 Å². The molecule has 0 unspecified atom stereocenters. The summed E-state index contributed by atoms with van der Waals surface area (Å²) in [6.45, 7) is 0.460. The minimum Gasteiger partial charge on any atom is -0.491 e. The predicted molar refractivity (Wildman–Crippen MR) is 104 cm³/mol. The van der Waals surface area contributed by atoms with Crippen LogP contribution in [-0.2, 0) is 0 Å². The normalized spacial score (nSPS) is 11.2. The first kappa shape index (κ1) is 18.8. The van der Waals surface area contributed by atoms with Gasteiger partial charge in [0.15, 0.2) is 0 Å². The second kappa shape index (κ2) is 9.07. The van der Waals surface area contributed by atoms with Gasteiger partial charge in [-0.1, -0.05) is 53.2 Å². The SMILES string of the molecule is Fc1ccc(/C=C/c2nc(SCCOc3ccc(Cl)cc3Cl)n[nH]2)cc1. The Balaban J connectivity index is 1.47. The van der Waals surface area contributed by atoms with Crippen LogP contribution >= 0.6 is 35.0 Å². The summed E-state index contributed by atoms with van der Waals surface area (Å²) in [5.41, 5.74) is 0.880. The van der Waals surface area contributed by atoms with E-state index in [1.54, 1.807) is 36.4 Å². The van der Waals surface area contributed by atoms with E-state index in [2.05, 4.69) is 15.2 Å². The van der Waals surface area contributed by atoms with Crippen LogP contribution in [0.5, 0.6) is 5.75 Å². The molecule has 0 aliphatic carbocycles. The number of benzene rings is 2. The molecule has 3 rings (SSSR count). The summed E-state index contributed by atoms with van der Waals surface area (Å²) in [5, 5.41) is 8.64. The first-order valence-electron chi connectivity index (χ1n) is 7.67. The number of aromatic amines is 1. The van der Waals surface area contributed by atoms with Crippen molar-refractivity contribution in [3.05, 3.63) is 69.7 Å². The van der Waals surface area contributed by atoms with Crippen molar-refractivity contribution < 1.29 is 9.13 Å². The highest BCUT2D eigenvalue weighted by Crippen LogP contribution is 2.27. The van der Waals surface area contributed by atoms with Gasteiger partial charge in [-0.25, -0.2) is 9.37 Å². The van der Waals surface area contributed by atoms with Crippen molar-refractivity contribution in [2.45, 2.75) is 5.16 Å². The highest BCUT2D eigenvalue weighted by atomic mass is 35.5. The molecule has 1 aromatic heterocycles. The summed E-state index contributed by atoms with van der Waals surface area (Å²) >= 11 is 13.4. The first-order chi connectivity index (χ1) is 12.6. The molecule has 3 aromatic rings. The van der Waals surface area contributed by atoms with Crippen LogP contribution in [0, 0.1) is 5.82 Å². The van der Waals surface area contributed by atoms with Crippen LogP contribution in [0.25, 0.3) is 12.2 Å². The van der Waals surface area contributed by atoms with Crippen molar-refractivity contribution in [2.24, 2.45) is 0 Å². The van der Waals surface area contributed by atoms with E-state index >= 15 is 0 Å². The molecule has 0 saturated heterocycles. The number of aromatic nitrogens is 3. The van der Waals surface area contributed by atoms with Gasteiger partial charge in [-0.2, -0.15) is 0 Å². The number of rotatable bonds is 7. The van der Waals surface area contributed by atoms with E-state index < -0.39 is 0 Å². The molecule has 0 radical (unpaired) electrons. The van der Waals surface area contributed by atoms with E-state index in [0.717, 1.165) is 5.56 Å². The molecule has 1 N–H and O–H groups in total. The summed E-state index contributed by atoms with van der Waals surface area (Å²) in [5.74, 6) is 1.62. The Bertz CT molecular complexity index is 900. The number of H-pyrrole nitrogens is 1. The Labute approximate surface area is 164 Å². The topological polar surface area (TPSA) is 50.8 Å². The second-order valence-corrected chi connectivity index (χ2v) is 7.07. The molecule has 0 atom stereocenters. The Morgan fingerprint density at radius 2 is 1.92 bits per heavy atom. The number of nitrogens with one attached hydrogen (secondary N) is 1. The minimum absolute atomic E-state index is 0.261. The summed E-state index contributed by atoms with van der Waals surface area (Å²) < 4.78 is 18.5. The van der Waals surface area contributed by atoms with Crippen molar-refractivity contribution in [1.82, 2.24) is 15.2 Å². The smallest absolute Gasteiger partial charge is 0.208 e. The van der Waals surface area contributed by atoms with Gasteiger partial charge in [-0.3, -0.25) is 5.10 Å². The standard InChI is InChI=1S/C18H14Cl2FN3OS/c19-13-4-7-16(15(20)11-13)25-9-10-26-18-22-17(23-24-18)8-3-12-1-5-14(21)6-2-12/h1-8,11H,9-10H2,(H,22,23,24)/b8-3+. The zero-order valence-electron chi connectivity index (χ0n) is 13.5. The molecule has 0 fully saturated rings. The van der Waals surface area contributed by atoms with Gasteiger partial charge in [0.25, 0.3) is 0 Å². The van der Waals surface area contributed by atoms with Gasteiger partial charge < -0.3 is 4.74 Å². The maximum atomic E-state index is 12.9. The van der Waals surface area contributed by atoms with E-state index in [-0.39, 0.29) is 5.82 Å². The lowest BCUT2D eigenvalue weighted by Crippen LogP contribution is -2.00. The van der Waals surface area contributed by atoms with Crippen LogP contribution < -0.4 is 4.74 Å². The zero-order valence-corrected chi connectivity index (χ0v) is 15.8. The lowest BCUT2D eigenvalue weighted by atomic mass is 10.2. The number of hydrogen-bond acceptors (Lipinski definition) is 4. The third-order valence-corrected chi connectivity index (χ3v) is 4.59. The van der Waals surface area contributed by atoms with Crippen LogP contribution in [0.1, 0.15) is 11.4 Å². The maximum absolute atomic E-state index is 12.9. The predicted octanol–water partition coefficient (Wildman–Crippen LogP) is 5.59. The molecule has 1 heterocycles. The van der Waals surface area contributed by atoms with Gasteiger partial charge >= 0.3 is 0 Å². The average molecular weight is 410 g/mol. The average Bonchev–Trinajstić information content (AvgIpc) is 3.07. The van der Waals surface area contributed by atoms with E-state index in [1.165, 1.54) is 23.9 Å². The van der Waals surface area contributed by atoms with Crippen LogP contribution in [0.15, 0.2) is 47.6 Å². The Kier molecular flexibility index (Phi) is 6.55. The number of nitrogens with zero attached hydrogens (tertiary/aromatic N) is 2. The molecule has 26 heavy (non-hydrogen) atoms. The fourth-order valence-electron chi connectivity index (χ4n) is 2.02. The van der Waals surface area contributed by atoms with E-state index in [0.29, 0.717) is 39.1 Å². The van der Waals surface area contributed by atoms with Gasteiger partial charge in [0, 0.05) is 10.8 Å². The Morgan fingerprint density at radius 3 is 2.69 bits per heavy atom. The number of halogens is 3. The Hall–Kier alpha value is -2.02. The van der Waals surface area contributed by atoms with Crippen molar-refractivity contribution in [1.29, 1.82) is 0 Å². The maximum Gasteiger partial charge on any atom is 0.208 e. The van der Waals surface area contributed by atoms with Gasteiger partial charge in [0.2, 0.25) is 5.16 Å². The van der Waals surface area contributed by atoms with Crippen LogP contribution in [0.3, 0.4) is 0 Å². The summed E-state index contributed by atoms with van der Waals surface area (Å²) in [4.78, 5) is 4.35. The molecular weight excluding hydrogens is 396 g/mol. The third kappa shape index (κ3) is 5.49. The molecular formula is C18H14Cl2FN3OS. The van der Waals surface area contributed by atoms with Crippen LogP contribution in [0.4, 0.5) is 4.39 Å². The van der Waals surface area contributed by atoms with Crippen molar-refractivity contribution >= 4 is 47.1 Å². The van der Waals surface area contributed by atoms with Gasteiger partial charge in [-0.15, -0.1) is 5.10 Å². The highest BCUT2D eigenvalue weighted by molar-refractivity contribution is 7.99. The van der Waals surface area contributed by atoms with Crippen LogP contribution in [-0.4, -0.2) is 27.5 Å². The molecule has 4 nitrogen and oxygen atoms in total. The molecule has 8 heteroatoms. The number of hydrogen-bond donors (Lipinski definition) is 1. The van der Waals surface area contributed by atoms with Gasteiger partial charge in [0.1, 0.15) is 17.4 Å². The quantitative estimate of drug-likeness (QED) is 0.407. The summed E-state index contributed by atoms with van der Waals surface area (Å²) in [7, 11) is 0. The summed E-state index contributed by atoms with van der Waals surface area (Å²) in [6.07, 6.45) is 3.62. The van der Waals surface area contributed by atoms with E-state index in [4.69, 9.17) is 27.9 Å². The van der Waals surface area contributed by atoms with Crippen molar-refractivity contribution in [3.8, 4) is 5.75 Å². The minimum atomic E-state index is -0.261. The number of ether oxygens (including phenoxy) is 1. The first-order valence-corrected chi connectivity index (χ1v) is 9.41. The zero-order chi connectivity index (χ0) is 18.4. The molecule has 0 saturated carbocycles. The fourth-order valence-corrected chi connectivity index (χ4v) is 3.11. The van der Waals surface area contributed by atoms with Gasteiger partial charge in [-0.05, 0) is 42.0 Å². The fraction of sp³-hybridized carbons (Fsp3) is 0.111. The molecule has 2 aromatic carbocycles. The highest BCUT2D eigenvalue weighted by Gasteiger charge is 2.04. The molecule has 0 aliphatic rings. The van der Waals surface area contributed by atoms with Crippen LogP contribution in [0.2, 0.25) is 10.0 Å². The van der Waals surface area contributed by atoms with E-state index in [1.807, 2.05) is 6.08 Å². The molecule has 0 spiro atoms. The lowest BCUT2D eigenvalue weighted by molar-refractivity contribution is 0.344. The molecule has 0 bridgehead atoms. The largest absolute Gasteiger partial charge is 0.491 e. The summed E-state index contributed by atoms with van der Waals surface area (Å²) in [6, 6.07) is 11.3. The number of thioether (sulfide) groups is 1. The molecule has 134 valence electrons. The third-order valence-electron chi connectivity index (χ3n) is 3.25. The molecule has 0 aliphatic heterocycles. The van der Waals surface area contributed by atoms with Crippen molar-refractivity contribution in [2.75, 3.05) is 12.4 Å². The monoisotopic (exact) mass is 409 g/mol. The Morgan fingerprint density at radius 1 is 1.12 bits per heavy atom. The van der Waals surface area contributed by atoms with E-state index in [9.17, 15) is 4.39 Å². The lowest BCUT2D eigenvalue weighted by Gasteiger charge is -2.07. The van der Waals surface area contributed by atoms with Gasteiger partial charge in [0.05, 0.1) is 11.6 Å².